The number of pyridine rings is 1. The van der Waals surface area contributed by atoms with Gasteiger partial charge in [-0.2, -0.15) is 0 Å². The van der Waals surface area contributed by atoms with Gasteiger partial charge >= 0.3 is 0 Å². The summed E-state index contributed by atoms with van der Waals surface area (Å²) in [5.41, 5.74) is 4.37. The molecule has 0 N–H and O–H groups in total. The Bertz CT molecular complexity index is 683. The molecule has 2 nitrogen and oxygen atoms in total. The number of nitrogens with zero attached hydrogens (tertiary/aromatic N) is 2. The Labute approximate surface area is 111 Å². The van der Waals surface area contributed by atoms with Crippen molar-refractivity contribution in [3.05, 3.63) is 59.4 Å². The molecule has 0 fully saturated rings. The Morgan fingerprint density at radius 2 is 1.89 bits per heavy atom. The molecular weight excluding hydrogens is 244 g/mol. The summed E-state index contributed by atoms with van der Waals surface area (Å²) in [6, 6.07) is 13.9. The molecule has 0 radical (unpaired) electrons. The maximum Gasteiger partial charge on any atom is 0.137 e. The first-order valence-electron chi connectivity index (χ1n) is 6.01. The molecule has 0 unspecified atom stereocenters. The molecule has 3 heteroatoms. The van der Waals surface area contributed by atoms with Gasteiger partial charge in [0.05, 0.1) is 11.4 Å². The lowest BCUT2D eigenvalue weighted by atomic mass is 10.1. The Balaban J connectivity index is 2.25. The standard InChI is InChI=1S/C15H13ClN2/c1-2-13-15(11-6-8-12(16)9-7-11)17-14-5-3-4-10-18(13)14/h3-10H,2H2,1H3. The lowest BCUT2D eigenvalue weighted by Crippen LogP contribution is -1.91. The first kappa shape index (κ1) is 11.3. The highest BCUT2D eigenvalue weighted by Gasteiger charge is 2.11. The molecule has 0 bridgehead atoms. The number of hydrogen-bond acceptors (Lipinski definition) is 1. The third-order valence-corrected chi connectivity index (χ3v) is 3.33. The van der Waals surface area contributed by atoms with Gasteiger partial charge in [-0.15, -0.1) is 0 Å². The first-order chi connectivity index (χ1) is 8.79. The smallest absolute Gasteiger partial charge is 0.137 e. The van der Waals surface area contributed by atoms with Crippen molar-refractivity contribution >= 4 is 17.2 Å². The molecule has 90 valence electrons. The number of imidazole rings is 1. The number of aryl methyl sites for hydroxylation is 1. The Kier molecular flexibility index (Phi) is 2.80. The molecule has 0 atom stereocenters. The van der Waals surface area contributed by atoms with Gasteiger partial charge in [-0.25, -0.2) is 4.98 Å². The van der Waals surface area contributed by atoms with Crippen LogP contribution in [0.25, 0.3) is 16.9 Å². The number of rotatable bonds is 2. The van der Waals surface area contributed by atoms with Gasteiger partial charge < -0.3 is 4.40 Å². The quantitative estimate of drug-likeness (QED) is 0.671. The third kappa shape index (κ3) is 1.79. The predicted octanol–water partition coefficient (Wildman–Crippen LogP) is 4.22. The monoisotopic (exact) mass is 256 g/mol. The van der Waals surface area contributed by atoms with Crippen molar-refractivity contribution in [1.82, 2.24) is 9.38 Å². The topological polar surface area (TPSA) is 17.3 Å². The lowest BCUT2D eigenvalue weighted by Gasteiger charge is -2.02. The van der Waals surface area contributed by atoms with E-state index in [1.807, 2.05) is 42.5 Å². The molecule has 0 spiro atoms. The van der Waals surface area contributed by atoms with Crippen LogP contribution in [-0.4, -0.2) is 9.38 Å². The van der Waals surface area contributed by atoms with Gasteiger partial charge in [0.2, 0.25) is 0 Å². The molecule has 2 aromatic heterocycles. The highest BCUT2D eigenvalue weighted by Crippen LogP contribution is 2.26. The van der Waals surface area contributed by atoms with E-state index in [0.29, 0.717) is 0 Å². The number of fused-ring (bicyclic) bond motifs is 1. The molecule has 0 saturated heterocycles. The van der Waals surface area contributed by atoms with E-state index in [0.717, 1.165) is 28.3 Å². The van der Waals surface area contributed by atoms with Crippen molar-refractivity contribution in [2.24, 2.45) is 0 Å². The second-order valence-electron chi connectivity index (χ2n) is 4.20. The van der Waals surface area contributed by atoms with Gasteiger partial charge in [-0.1, -0.05) is 36.7 Å². The third-order valence-electron chi connectivity index (χ3n) is 3.08. The van der Waals surface area contributed by atoms with Crippen molar-refractivity contribution in [3.63, 3.8) is 0 Å². The fourth-order valence-electron chi connectivity index (χ4n) is 2.22. The maximum absolute atomic E-state index is 5.93. The molecule has 2 heterocycles. The van der Waals surface area contributed by atoms with Crippen LogP contribution in [0.3, 0.4) is 0 Å². The van der Waals surface area contributed by atoms with Gasteiger partial charge in [0.15, 0.2) is 0 Å². The van der Waals surface area contributed by atoms with Gasteiger partial charge in [0, 0.05) is 16.8 Å². The molecular formula is C15H13ClN2. The minimum absolute atomic E-state index is 0.751. The Morgan fingerprint density at radius 3 is 2.61 bits per heavy atom. The van der Waals surface area contributed by atoms with Gasteiger partial charge in [0.1, 0.15) is 5.65 Å². The van der Waals surface area contributed by atoms with Crippen LogP contribution >= 0.6 is 11.6 Å². The van der Waals surface area contributed by atoms with Crippen LogP contribution in [0.5, 0.6) is 0 Å². The molecule has 0 aliphatic heterocycles. The molecule has 0 saturated carbocycles. The van der Waals surface area contributed by atoms with Crippen molar-refractivity contribution in [2.45, 2.75) is 13.3 Å². The van der Waals surface area contributed by atoms with Crippen LogP contribution in [0.15, 0.2) is 48.7 Å². The molecule has 1 aromatic carbocycles. The molecule has 3 aromatic rings. The number of aromatic nitrogens is 2. The van der Waals surface area contributed by atoms with Crippen molar-refractivity contribution in [2.75, 3.05) is 0 Å². The van der Waals surface area contributed by atoms with Crippen LogP contribution in [0.1, 0.15) is 12.6 Å². The normalized spacial score (nSPS) is 11.0. The van der Waals surface area contributed by atoms with Gasteiger partial charge in [-0.3, -0.25) is 0 Å². The summed E-state index contributed by atoms with van der Waals surface area (Å²) in [6.07, 6.45) is 3.00. The van der Waals surface area contributed by atoms with E-state index in [1.54, 1.807) is 0 Å². The highest BCUT2D eigenvalue weighted by atomic mass is 35.5. The number of benzene rings is 1. The summed E-state index contributed by atoms with van der Waals surface area (Å²) in [4.78, 5) is 4.70. The summed E-state index contributed by atoms with van der Waals surface area (Å²) in [5.74, 6) is 0. The molecule has 0 aliphatic rings. The number of halogens is 1. The molecule has 18 heavy (non-hydrogen) atoms. The van der Waals surface area contributed by atoms with E-state index >= 15 is 0 Å². The number of hydrogen-bond donors (Lipinski definition) is 0. The predicted molar refractivity (Wildman–Crippen MR) is 75.0 cm³/mol. The maximum atomic E-state index is 5.93. The minimum Gasteiger partial charge on any atom is -0.303 e. The summed E-state index contributed by atoms with van der Waals surface area (Å²) >= 11 is 5.93. The fourth-order valence-corrected chi connectivity index (χ4v) is 2.35. The highest BCUT2D eigenvalue weighted by molar-refractivity contribution is 6.30. The van der Waals surface area contributed by atoms with Crippen LogP contribution in [0.2, 0.25) is 5.02 Å². The Morgan fingerprint density at radius 1 is 1.11 bits per heavy atom. The minimum atomic E-state index is 0.751. The Hall–Kier alpha value is -1.80. The zero-order chi connectivity index (χ0) is 12.5. The van der Waals surface area contributed by atoms with Crippen LogP contribution in [-0.2, 0) is 6.42 Å². The van der Waals surface area contributed by atoms with E-state index in [9.17, 15) is 0 Å². The van der Waals surface area contributed by atoms with Crippen LogP contribution < -0.4 is 0 Å². The largest absolute Gasteiger partial charge is 0.303 e. The average Bonchev–Trinajstić information content (AvgIpc) is 2.78. The zero-order valence-electron chi connectivity index (χ0n) is 10.1. The van der Waals surface area contributed by atoms with E-state index < -0.39 is 0 Å². The summed E-state index contributed by atoms with van der Waals surface area (Å²) < 4.78 is 2.14. The molecule has 0 aliphatic carbocycles. The summed E-state index contributed by atoms with van der Waals surface area (Å²) in [7, 11) is 0. The fraction of sp³-hybridized carbons (Fsp3) is 0.133. The zero-order valence-corrected chi connectivity index (χ0v) is 10.9. The SMILES string of the molecule is CCc1c(-c2ccc(Cl)cc2)nc2ccccn12. The second kappa shape index (κ2) is 4.46. The van der Waals surface area contributed by atoms with Gasteiger partial charge in [-0.05, 0) is 30.7 Å². The average molecular weight is 257 g/mol. The van der Waals surface area contributed by atoms with Crippen molar-refractivity contribution in [3.8, 4) is 11.3 Å². The van der Waals surface area contributed by atoms with Crippen LogP contribution in [0.4, 0.5) is 0 Å². The molecule has 0 amide bonds. The molecule has 3 rings (SSSR count). The summed E-state index contributed by atoms with van der Waals surface area (Å²) in [6.45, 7) is 2.15. The summed E-state index contributed by atoms with van der Waals surface area (Å²) in [5, 5.41) is 0.751. The first-order valence-corrected chi connectivity index (χ1v) is 6.39. The van der Waals surface area contributed by atoms with Crippen molar-refractivity contribution < 1.29 is 0 Å². The second-order valence-corrected chi connectivity index (χ2v) is 4.63. The van der Waals surface area contributed by atoms with E-state index in [2.05, 4.69) is 17.5 Å². The van der Waals surface area contributed by atoms with E-state index in [4.69, 9.17) is 16.6 Å². The van der Waals surface area contributed by atoms with Crippen LogP contribution in [0, 0.1) is 0 Å². The van der Waals surface area contributed by atoms with Crippen molar-refractivity contribution in [1.29, 1.82) is 0 Å². The van der Waals surface area contributed by atoms with Gasteiger partial charge in [0.25, 0.3) is 0 Å². The van der Waals surface area contributed by atoms with E-state index in [1.165, 1.54) is 5.69 Å². The lowest BCUT2D eigenvalue weighted by molar-refractivity contribution is 0.998. The van der Waals surface area contributed by atoms with E-state index in [-0.39, 0.29) is 0 Å².